The minimum Gasteiger partial charge on any atom is -0.307 e. The summed E-state index contributed by atoms with van der Waals surface area (Å²) in [6.45, 7) is -0.423. The Balaban J connectivity index is 1.49. The largest absolute Gasteiger partial charge is 0.329 e. The van der Waals surface area contributed by atoms with Gasteiger partial charge < -0.3 is 10.3 Å². The number of nitrogens with one attached hydrogen (secondary N) is 2. The molecule has 0 aliphatic rings. The number of amides is 1. The smallest absolute Gasteiger partial charge is 0.307 e. The number of halogens is 2. The first-order valence-corrected chi connectivity index (χ1v) is 10.4. The van der Waals surface area contributed by atoms with Gasteiger partial charge >= 0.3 is 5.69 Å². The van der Waals surface area contributed by atoms with Crippen molar-refractivity contribution in [1.29, 1.82) is 0 Å². The van der Waals surface area contributed by atoms with Gasteiger partial charge in [0.1, 0.15) is 6.54 Å². The van der Waals surface area contributed by atoms with Gasteiger partial charge in [-0.1, -0.05) is 47.5 Å². The lowest BCUT2D eigenvalue weighted by Gasteiger charge is -2.06. The molecule has 1 amide bonds. The van der Waals surface area contributed by atoms with Gasteiger partial charge in [-0.05, 0) is 23.8 Å². The molecule has 0 atom stereocenters. The summed E-state index contributed by atoms with van der Waals surface area (Å²) >= 11 is 13.5. The van der Waals surface area contributed by atoms with Gasteiger partial charge in [-0.25, -0.2) is 9.78 Å². The van der Waals surface area contributed by atoms with E-state index in [1.165, 1.54) is 11.3 Å². The van der Waals surface area contributed by atoms with Crippen LogP contribution in [0.1, 0.15) is 10.4 Å². The molecular weight excluding hydrogens is 447 g/mol. The standard InChI is InChI=1S/C20H14Cl2N4O3S/c21-14-6-3-4-11(17(14)22)8-12-9-23-19(30-12)25-16(27)10-26-18(28)13-5-1-2-7-15(13)24-20(26)29/h1-7,9H,8,10H2,(H,24,29)(H,23,25,27). The minimum absolute atomic E-state index is 0.333. The van der Waals surface area contributed by atoms with Crippen LogP contribution in [0.25, 0.3) is 10.9 Å². The van der Waals surface area contributed by atoms with Crippen molar-refractivity contribution in [3.05, 3.63) is 90.0 Å². The van der Waals surface area contributed by atoms with Crippen molar-refractivity contribution in [2.75, 3.05) is 5.32 Å². The molecule has 0 unspecified atom stereocenters. The zero-order chi connectivity index (χ0) is 21.3. The highest BCUT2D eigenvalue weighted by molar-refractivity contribution is 7.15. The second-order valence-corrected chi connectivity index (χ2v) is 8.34. The average Bonchev–Trinajstić information content (AvgIpc) is 3.15. The summed E-state index contributed by atoms with van der Waals surface area (Å²) in [5.41, 5.74) is 0.0949. The lowest BCUT2D eigenvalue weighted by molar-refractivity contribution is -0.116. The molecule has 0 radical (unpaired) electrons. The second-order valence-electron chi connectivity index (χ2n) is 6.44. The number of H-pyrrole nitrogens is 1. The van der Waals surface area contributed by atoms with Crippen LogP contribution in [-0.4, -0.2) is 20.4 Å². The lowest BCUT2D eigenvalue weighted by atomic mass is 10.1. The number of carbonyl (C=O) groups excluding carboxylic acids is 1. The van der Waals surface area contributed by atoms with Gasteiger partial charge in [0.05, 0.1) is 20.9 Å². The quantitative estimate of drug-likeness (QED) is 0.474. The highest BCUT2D eigenvalue weighted by Gasteiger charge is 2.13. The third-order valence-electron chi connectivity index (χ3n) is 4.39. The third-order valence-corrected chi connectivity index (χ3v) is 6.16. The van der Waals surface area contributed by atoms with Crippen LogP contribution in [0.4, 0.5) is 5.13 Å². The molecule has 0 saturated carbocycles. The molecule has 152 valence electrons. The summed E-state index contributed by atoms with van der Waals surface area (Å²) in [4.78, 5) is 44.8. The molecule has 0 fully saturated rings. The molecule has 2 aromatic carbocycles. The highest BCUT2D eigenvalue weighted by atomic mass is 35.5. The Morgan fingerprint density at radius 1 is 1.13 bits per heavy atom. The van der Waals surface area contributed by atoms with Gasteiger partial charge in [-0.3, -0.25) is 14.2 Å². The normalized spacial score (nSPS) is 11.0. The molecule has 0 aliphatic heterocycles. The number of nitrogens with zero attached hydrogens (tertiary/aromatic N) is 2. The Hall–Kier alpha value is -2.94. The summed E-state index contributed by atoms with van der Waals surface area (Å²) in [7, 11) is 0. The molecule has 2 heterocycles. The van der Waals surface area contributed by atoms with Gasteiger partial charge in [-0.15, -0.1) is 11.3 Å². The van der Waals surface area contributed by atoms with E-state index in [2.05, 4.69) is 15.3 Å². The molecule has 4 rings (SSSR count). The van der Waals surface area contributed by atoms with Crippen molar-refractivity contribution in [3.63, 3.8) is 0 Å². The fraction of sp³-hybridized carbons (Fsp3) is 0.100. The van der Waals surface area contributed by atoms with Gasteiger partial charge in [0, 0.05) is 17.5 Å². The Kier molecular flexibility index (Phi) is 5.72. The van der Waals surface area contributed by atoms with Crippen LogP contribution < -0.4 is 16.6 Å². The zero-order valence-corrected chi connectivity index (χ0v) is 17.6. The van der Waals surface area contributed by atoms with Crippen molar-refractivity contribution in [2.45, 2.75) is 13.0 Å². The number of hydrogen-bond donors (Lipinski definition) is 2. The molecule has 0 spiro atoms. The number of aromatic nitrogens is 3. The van der Waals surface area contributed by atoms with E-state index in [4.69, 9.17) is 23.2 Å². The van der Waals surface area contributed by atoms with Crippen LogP contribution in [-0.2, 0) is 17.8 Å². The predicted octanol–water partition coefficient (Wildman–Crippen LogP) is 3.68. The van der Waals surface area contributed by atoms with E-state index in [0.717, 1.165) is 15.0 Å². The molecule has 7 nitrogen and oxygen atoms in total. The number of thiazole rings is 1. The van der Waals surface area contributed by atoms with Crippen LogP contribution in [0.3, 0.4) is 0 Å². The van der Waals surface area contributed by atoms with E-state index in [0.29, 0.717) is 32.5 Å². The maximum Gasteiger partial charge on any atom is 0.329 e. The van der Waals surface area contributed by atoms with Crippen molar-refractivity contribution < 1.29 is 4.79 Å². The predicted molar refractivity (Wildman–Crippen MR) is 119 cm³/mol. The number of fused-ring (bicyclic) bond motifs is 1. The van der Waals surface area contributed by atoms with Gasteiger partial charge in [0.25, 0.3) is 5.56 Å². The van der Waals surface area contributed by atoms with Gasteiger partial charge in [-0.2, -0.15) is 0 Å². The Labute approximate surface area is 183 Å². The summed E-state index contributed by atoms with van der Waals surface area (Å²) < 4.78 is 0.859. The molecule has 0 aliphatic carbocycles. The van der Waals surface area contributed by atoms with Crippen LogP contribution >= 0.6 is 34.5 Å². The average molecular weight is 461 g/mol. The molecule has 2 N–H and O–H groups in total. The Morgan fingerprint density at radius 2 is 1.93 bits per heavy atom. The topological polar surface area (TPSA) is 96.9 Å². The van der Waals surface area contributed by atoms with E-state index < -0.39 is 23.7 Å². The summed E-state index contributed by atoms with van der Waals surface area (Å²) in [5, 5.41) is 4.27. The van der Waals surface area contributed by atoms with Gasteiger partial charge in [0.2, 0.25) is 5.91 Å². The number of anilines is 1. The number of carbonyl (C=O) groups is 1. The monoisotopic (exact) mass is 460 g/mol. The minimum atomic E-state index is -0.649. The number of hydrogen-bond acceptors (Lipinski definition) is 5. The summed E-state index contributed by atoms with van der Waals surface area (Å²) in [5.74, 6) is -0.528. The summed E-state index contributed by atoms with van der Waals surface area (Å²) in [6, 6.07) is 12.0. The maximum atomic E-state index is 12.5. The van der Waals surface area contributed by atoms with Crippen molar-refractivity contribution in [2.24, 2.45) is 0 Å². The van der Waals surface area contributed by atoms with E-state index in [9.17, 15) is 14.4 Å². The lowest BCUT2D eigenvalue weighted by Crippen LogP contribution is -2.38. The zero-order valence-electron chi connectivity index (χ0n) is 15.3. The van der Waals surface area contributed by atoms with Crippen molar-refractivity contribution >= 4 is 56.5 Å². The maximum absolute atomic E-state index is 12.5. The molecule has 0 saturated heterocycles. The molecular formula is C20H14Cl2N4O3S. The fourth-order valence-electron chi connectivity index (χ4n) is 2.96. The first kappa shape index (κ1) is 20.3. The van der Waals surface area contributed by atoms with E-state index in [1.54, 1.807) is 36.5 Å². The van der Waals surface area contributed by atoms with E-state index >= 15 is 0 Å². The van der Waals surface area contributed by atoms with Gasteiger partial charge in [0.15, 0.2) is 5.13 Å². The molecule has 2 aromatic heterocycles. The Bertz CT molecular complexity index is 1380. The van der Waals surface area contributed by atoms with Crippen LogP contribution in [0.15, 0.2) is 58.3 Å². The number of rotatable bonds is 5. The first-order valence-electron chi connectivity index (χ1n) is 8.81. The number of para-hydroxylation sites is 1. The molecule has 10 heteroatoms. The molecule has 30 heavy (non-hydrogen) atoms. The number of aromatic amines is 1. The van der Waals surface area contributed by atoms with E-state index in [-0.39, 0.29) is 0 Å². The third kappa shape index (κ3) is 4.16. The Morgan fingerprint density at radius 3 is 2.77 bits per heavy atom. The van der Waals surface area contributed by atoms with Crippen LogP contribution in [0.5, 0.6) is 0 Å². The van der Waals surface area contributed by atoms with E-state index in [1.807, 2.05) is 12.1 Å². The SMILES string of the molecule is O=C(Cn1c(=O)[nH]c2ccccc2c1=O)Nc1ncc(Cc2cccc(Cl)c2Cl)s1. The summed E-state index contributed by atoms with van der Waals surface area (Å²) in [6.07, 6.45) is 2.14. The van der Waals surface area contributed by atoms with Crippen LogP contribution in [0, 0.1) is 0 Å². The second kappa shape index (κ2) is 8.43. The molecule has 4 aromatic rings. The van der Waals surface area contributed by atoms with Crippen molar-refractivity contribution in [1.82, 2.24) is 14.5 Å². The van der Waals surface area contributed by atoms with Crippen LogP contribution in [0.2, 0.25) is 10.0 Å². The van der Waals surface area contributed by atoms with Crippen molar-refractivity contribution in [3.8, 4) is 0 Å². The molecule has 0 bridgehead atoms. The fourth-order valence-corrected chi connectivity index (χ4v) is 4.20. The highest BCUT2D eigenvalue weighted by Crippen LogP contribution is 2.29. The number of benzene rings is 2. The first-order chi connectivity index (χ1) is 14.4.